The van der Waals surface area contributed by atoms with Crippen molar-refractivity contribution in [3.63, 3.8) is 0 Å². The average molecular weight is 664 g/mol. The number of rotatable bonds is 8. The van der Waals surface area contributed by atoms with Gasteiger partial charge in [0.25, 0.3) is 15.9 Å². The maximum Gasteiger partial charge on any atom is 0.271 e. The molecule has 2 aromatic rings. The van der Waals surface area contributed by atoms with Crippen LogP contribution in [0.5, 0.6) is 5.75 Å². The second-order valence-corrected chi connectivity index (χ2v) is 15.5. The zero-order valence-corrected chi connectivity index (χ0v) is 28.6. The van der Waals surface area contributed by atoms with E-state index in [0.717, 1.165) is 56.3 Å². The summed E-state index contributed by atoms with van der Waals surface area (Å²) in [6, 6.07) is 7.38. The number of thiophene rings is 1. The number of fused-ring (bicyclic) bond motifs is 1. The van der Waals surface area contributed by atoms with Gasteiger partial charge >= 0.3 is 0 Å². The molecule has 2 heterocycles. The van der Waals surface area contributed by atoms with Gasteiger partial charge in [-0.1, -0.05) is 32.3 Å². The number of hydrogen-bond donors (Lipinski definition) is 2. The first kappa shape index (κ1) is 35.2. The van der Waals surface area contributed by atoms with Crippen LogP contribution in [0.15, 0.2) is 39.9 Å². The molecule has 0 saturated heterocycles. The van der Waals surface area contributed by atoms with E-state index < -0.39 is 16.1 Å². The van der Waals surface area contributed by atoms with Gasteiger partial charge in [0.1, 0.15) is 9.96 Å². The molecule has 1 saturated carbocycles. The zero-order valence-electron chi connectivity index (χ0n) is 26.9. The number of likely N-dealkylation sites (N-methyl/N-ethyl adjacent to an activating group) is 1. The summed E-state index contributed by atoms with van der Waals surface area (Å²) >= 11 is 1.10. The van der Waals surface area contributed by atoms with Gasteiger partial charge in [-0.15, -0.1) is 11.3 Å². The first-order valence-electron chi connectivity index (χ1n) is 16.2. The van der Waals surface area contributed by atoms with Gasteiger partial charge in [-0.3, -0.25) is 14.3 Å². The molecule has 2 amide bonds. The highest BCUT2D eigenvalue weighted by atomic mass is 32.2. The van der Waals surface area contributed by atoms with Crippen molar-refractivity contribution in [3.05, 3.63) is 41.3 Å². The molecule has 12 heteroatoms. The second-order valence-electron chi connectivity index (χ2n) is 12.6. The van der Waals surface area contributed by atoms with Crippen molar-refractivity contribution in [3.8, 4) is 5.75 Å². The number of aliphatic hydroxyl groups is 1. The third-order valence-electron chi connectivity index (χ3n) is 8.85. The number of hydrogen-bond acceptors (Lipinski definition) is 8. The van der Waals surface area contributed by atoms with E-state index in [1.54, 1.807) is 40.3 Å². The van der Waals surface area contributed by atoms with E-state index in [4.69, 9.17) is 9.47 Å². The van der Waals surface area contributed by atoms with Crippen LogP contribution in [0.3, 0.4) is 0 Å². The molecule has 250 valence electrons. The highest BCUT2D eigenvalue weighted by Crippen LogP contribution is 2.30. The van der Waals surface area contributed by atoms with Gasteiger partial charge in [0.05, 0.1) is 30.4 Å². The Morgan fingerprint density at radius 3 is 2.56 bits per heavy atom. The molecule has 45 heavy (non-hydrogen) atoms. The minimum Gasteiger partial charge on any atom is -0.490 e. The van der Waals surface area contributed by atoms with Crippen molar-refractivity contribution in [2.24, 2.45) is 11.8 Å². The molecule has 0 unspecified atom stereocenters. The van der Waals surface area contributed by atoms with Crippen LogP contribution in [0, 0.1) is 11.8 Å². The van der Waals surface area contributed by atoms with Crippen molar-refractivity contribution in [2.75, 3.05) is 38.1 Å². The molecule has 1 aliphatic heterocycles. The maximum atomic E-state index is 14.3. The Labute approximate surface area is 272 Å². The van der Waals surface area contributed by atoms with Crippen LogP contribution in [0.1, 0.15) is 82.5 Å². The summed E-state index contributed by atoms with van der Waals surface area (Å²) in [5.41, 5.74) is 0.446. The summed E-state index contributed by atoms with van der Waals surface area (Å²) < 4.78 is 41.4. The van der Waals surface area contributed by atoms with Gasteiger partial charge in [0, 0.05) is 44.3 Å². The molecule has 1 fully saturated rings. The number of sulfonamides is 1. The highest BCUT2D eigenvalue weighted by molar-refractivity contribution is 7.94. The van der Waals surface area contributed by atoms with E-state index >= 15 is 0 Å². The third-order valence-corrected chi connectivity index (χ3v) is 11.6. The molecule has 4 rings (SSSR count). The van der Waals surface area contributed by atoms with Crippen LogP contribution in [-0.2, 0) is 19.6 Å². The van der Waals surface area contributed by atoms with Gasteiger partial charge in [-0.25, -0.2) is 8.42 Å². The summed E-state index contributed by atoms with van der Waals surface area (Å²) in [4.78, 5) is 31.0. The fourth-order valence-corrected chi connectivity index (χ4v) is 8.13. The molecule has 2 aliphatic rings. The van der Waals surface area contributed by atoms with Gasteiger partial charge < -0.3 is 24.4 Å². The van der Waals surface area contributed by atoms with Crippen molar-refractivity contribution in [1.82, 2.24) is 9.80 Å². The number of carbonyl (C=O) groups excluding carboxylic acids is 2. The van der Waals surface area contributed by atoms with Crippen molar-refractivity contribution < 1.29 is 32.6 Å². The molecule has 0 bridgehead atoms. The number of anilines is 1. The van der Waals surface area contributed by atoms with Crippen molar-refractivity contribution in [2.45, 2.75) is 94.6 Å². The van der Waals surface area contributed by atoms with Crippen molar-refractivity contribution >= 4 is 38.9 Å². The standard InChI is InChI=1S/C33H49N3O7S2/c1-23-20-36(24(2)22-37)33(39)28-19-27(34-45(40,41)31-14-10-18-44-31)15-16-29(28)43-25(3)11-8-9-17-42-30(23)21-35(4)32(38)26-12-6-5-7-13-26/h10,14-16,18-19,23-26,30,34,37H,5-9,11-13,17,20-22H2,1-4H3/t23-,24+,25-,30+/m1/s1. The lowest BCUT2D eigenvalue weighted by Crippen LogP contribution is -2.48. The second kappa shape index (κ2) is 16.2. The van der Waals surface area contributed by atoms with Crippen LogP contribution in [0.4, 0.5) is 5.69 Å². The topological polar surface area (TPSA) is 125 Å². The van der Waals surface area contributed by atoms with E-state index in [2.05, 4.69) is 4.72 Å². The number of benzene rings is 1. The fraction of sp³-hybridized carbons (Fsp3) is 0.636. The molecule has 4 atom stereocenters. The first-order valence-corrected chi connectivity index (χ1v) is 18.5. The summed E-state index contributed by atoms with van der Waals surface area (Å²) in [6.45, 7) is 6.66. The molecule has 2 N–H and O–H groups in total. The zero-order chi connectivity index (χ0) is 32.6. The number of nitrogens with one attached hydrogen (secondary N) is 1. The number of amides is 2. The normalized spacial score (nSPS) is 23.4. The Morgan fingerprint density at radius 2 is 1.87 bits per heavy atom. The monoisotopic (exact) mass is 663 g/mol. The molecular formula is C33H49N3O7S2. The first-order chi connectivity index (χ1) is 21.5. The Hall–Kier alpha value is -2.67. The molecule has 10 nitrogen and oxygen atoms in total. The number of ether oxygens (including phenoxy) is 2. The van der Waals surface area contributed by atoms with Crippen LogP contribution in [0.25, 0.3) is 0 Å². The number of nitrogens with zero attached hydrogens (tertiary/aromatic N) is 2. The molecule has 1 aliphatic carbocycles. The fourth-order valence-electron chi connectivity index (χ4n) is 6.09. The Morgan fingerprint density at radius 1 is 1.13 bits per heavy atom. The Bertz CT molecular complexity index is 1360. The van der Waals surface area contributed by atoms with Gasteiger partial charge in [0.2, 0.25) is 5.91 Å². The minimum atomic E-state index is -3.84. The lowest BCUT2D eigenvalue weighted by Gasteiger charge is -2.36. The van der Waals surface area contributed by atoms with E-state index in [0.29, 0.717) is 18.9 Å². The van der Waals surface area contributed by atoms with E-state index in [1.807, 2.05) is 20.9 Å². The van der Waals surface area contributed by atoms with Crippen LogP contribution >= 0.6 is 11.3 Å². The predicted octanol–water partition coefficient (Wildman–Crippen LogP) is 5.38. The van der Waals surface area contributed by atoms with Crippen LogP contribution < -0.4 is 9.46 Å². The van der Waals surface area contributed by atoms with Gasteiger partial charge in [-0.05, 0) is 75.6 Å². The van der Waals surface area contributed by atoms with E-state index in [9.17, 15) is 23.1 Å². The summed E-state index contributed by atoms with van der Waals surface area (Å²) in [7, 11) is -2.00. The summed E-state index contributed by atoms with van der Waals surface area (Å²) in [6.07, 6.45) is 7.08. The Balaban J connectivity index is 1.63. The smallest absolute Gasteiger partial charge is 0.271 e. The number of carbonyl (C=O) groups is 2. The largest absolute Gasteiger partial charge is 0.490 e. The lowest BCUT2D eigenvalue weighted by molar-refractivity contribution is -0.137. The molecule has 0 radical (unpaired) electrons. The van der Waals surface area contributed by atoms with Gasteiger partial charge in [-0.2, -0.15) is 0 Å². The lowest BCUT2D eigenvalue weighted by atomic mass is 9.88. The van der Waals surface area contributed by atoms with Crippen LogP contribution in [0.2, 0.25) is 0 Å². The summed E-state index contributed by atoms with van der Waals surface area (Å²) in [5, 5.41) is 11.9. The molecular weight excluding hydrogens is 615 g/mol. The van der Waals surface area contributed by atoms with E-state index in [-0.39, 0.29) is 64.5 Å². The molecule has 1 aromatic carbocycles. The van der Waals surface area contributed by atoms with E-state index in [1.165, 1.54) is 18.6 Å². The molecule has 0 spiro atoms. The third kappa shape index (κ3) is 9.43. The van der Waals surface area contributed by atoms with Crippen LogP contribution in [-0.4, -0.2) is 86.7 Å². The number of aliphatic hydroxyl groups excluding tert-OH is 1. The molecule has 1 aromatic heterocycles. The van der Waals surface area contributed by atoms with Gasteiger partial charge in [0.15, 0.2) is 0 Å². The quantitative estimate of drug-likeness (QED) is 0.388. The SMILES string of the molecule is C[C@@H]1CCCCO[C@@H](CN(C)C(=O)C2CCCCC2)[C@H](C)CN([C@@H](C)CO)C(=O)c2cc(NS(=O)(=O)c3cccs3)ccc2O1. The van der Waals surface area contributed by atoms with Crippen molar-refractivity contribution in [1.29, 1.82) is 0 Å². The average Bonchev–Trinajstić information content (AvgIpc) is 3.59. The minimum absolute atomic E-state index is 0.0504. The predicted molar refractivity (Wildman–Crippen MR) is 176 cm³/mol. The Kier molecular flexibility index (Phi) is 12.7. The summed E-state index contributed by atoms with van der Waals surface area (Å²) in [5.74, 6) is 0.00651. The highest BCUT2D eigenvalue weighted by Gasteiger charge is 2.32. The maximum absolute atomic E-state index is 14.3.